The fourth-order valence-corrected chi connectivity index (χ4v) is 2.87. The average molecular weight is 336 g/mol. The van der Waals surface area contributed by atoms with E-state index in [9.17, 15) is 4.79 Å². The maximum atomic E-state index is 12.5. The number of nitrogens with zero attached hydrogens (tertiary/aromatic N) is 3. The number of aromatic nitrogens is 3. The van der Waals surface area contributed by atoms with Gasteiger partial charge in [0.25, 0.3) is 0 Å². The molecule has 124 valence electrons. The van der Waals surface area contributed by atoms with Gasteiger partial charge in [-0.1, -0.05) is 13.8 Å². The van der Waals surface area contributed by atoms with E-state index in [-0.39, 0.29) is 29.8 Å². The molecule has 7 heteroatoms. The maximum absolute atomic E-state index is 12.5. The number of amides is 1. The quantitative estimate of drug-likeness (QED) is 0.903. The Hall–Kier alpha value is -1.92. The molecule has 0 spiro atoms. The lowest BCUT2D eigenvalue weighted by molar-refractivity contribution is -0.121. The van der Waals surface area contributed by atoms with Crippen molar-refractivity contribution in [1.82, 2.24) is 20.1 Å². The number of piperidine rings is 1. The fraction of sp³-hybridized carbons (Fsp3) is 0.438. The molecule has 2 aromatic heterocycles. The minimum Gasteiger partial charge on any atom is -0.323 e. The summed E-state index contributed by atoms with van der Waals surface area (Å²) in [7, 11) is 0. The normalized spacial score (nSPS) is 19.7. The molecule has 0 bridgehead atoms. The summed E-state index contributed by atoms with van der Waals surface area (Å²) in [6.45, 7) is 5.14. The molecule has 23 heavy (non-hydrogen) atoms. The number of carbonyl (C=O) groups excluding carboxylic acids is 1. The first-order valence-corrected chi connectivity index (χ1v) is 7.57. The predicted octanol–water partition coefficient (Wildman–Crippen LogP) is 2.41. The summed E-state index contributed by atoms with van der Waals surface area (Å²) < 4.78 is 1.68. The highest BCUT2D eigenvalue weighted by molar-refractivity contribution is 5.95. The smallest absolute Gasteiger partial charge is 0.242 e. The van der Waals surface area contributed by atoms with E-state index in [4.69, 9.17) is 0 Å². The van der Waals surface area contributed by atoms with Crippen molar-refractivity contribution in [2.24, 2.45) is 5.41 Å². The molecule has 1 amide bonds. The number of halogens is 1. The first kappa shape index (κ1) is 17.4. The van der Waals surface area contributed by atoms with Gasteiger partial charge in [0.2, 0.25) is 5.91 Å². The van der Waals surface area contributed by atoms with E-state index in [1.165, 1.54) is 0 Å². The largest absolute Gasteiger partial charge is 0.323 e. The van der Waals surface area contributed by atoms with E-state index in [1.54, 1.807) is 17.1 Å². The monoisotopic (exact) mass is 335 g/mol. The molecule has 0 saturated carbocycles. The number of anilines is 1. The Morgan fingerprint density at radius 3 is 2.87 bits per heavy atom. The zero-order chi connectivity index (χ0) is 15.6. The van der Waals surface area contributed by atoms with Crippen LogP contribution in [0.3, 0.4) is 0 Å². The first-order valence-electron chi connectivity index (χ1n) is 7.57. The lowest BCUT2D eigenvalue weighted by Gasteiger charge is -2.38. The molecule has 0 aliphatic carbocycles. The van der Waals surface area contributed by atoms with Crippen LogP contribution in [0.4, 0.5) is 5.69 Å². The number of hydrogen-bond acceptors (Lipinski definition) is 4. The van der Waals surface area contributed by atoms with Gasteiger partial charge in [0, 0.05) is 12.4 Å². The van der Waals surface area contributed by atoms with Gasteiger partial charge in [0.05, 0.1) is 17.9 Å². The molecule has 2 aromatic rings. The van der Waals surface area contributed by atoms with Crippen LogP contribution in [0.5, 0.6) is 0 Å². The van der Waals surface area contributed by atoms with Crippen LogP contribution in [0.25, 0.3) is 5.82 Å². The molecule has 1 aliphatic heterocycles. The highest BCUT2D eigenvalue weighted by Gasteiger charge is 2.37. The molecular weight excluding hydrogens is 314 g/mol. The Morgan fingerprint density at radius 1 is 1.43 bits per heavy atom. The van der Waals surface area contributed by atoms with Crippen LogP contribution in [-0.2, 0) is 4.79 Å². The van der Waals surface area contributed by atoms with Gasteiger partial charge in [0.15, 0.2) is 5.82 Å². The number of pyridine rings is 1. The van der Waals surface area contributed by atoms with E-state index in [2.05, 4.69) is 34.6 Å². The van der Waals surface area contributed by atoms with Crippen molar-refractivity contribution >= 4 is 24.0 Å². The standard InChI is InChI=1S/C16H21N5O.ClH/c1-16(2)7-3-8-17-14(16)15(22)20-12-5-6-13(18-11-12)21-10-4-9-19-21;/h4-6,9-11,14,17H,3,7-8H2,1-2H3,(H,20,22);1H. The predicted molar refractivity (Wildman–Crippen MR) is 92.0 cm³/mol. The van der Waals surface area contributed by atoms with Gasteiger partial charge in [-0.2, -0.15) is 5.10 Å². The third kappa shape index (κ3) is 3.89. The summed E-state index contributed by atoms with van der Waals surface area (Å²) in [4.78, 5) is 16.8. The molecule has 6 nitrogen and oxygen atoms in total. The molecule has 1 unspecified atom stereocenters. The van der Waals surface area contributed by atoms with Crippen LogP contribution < -0.4 is 10.6 Å². The van der Waals surface area contributed by atoms with Crippen molar-refractivity contribution < 1.29 is 4.79 Å². The summed E-state index contributed by atoms with van der Waals surface area (Å²) in [6.07, 6.45) is 7.35. The highest BCUT2D eigenvalue weighted by atomic mass is 35.5. The Morgan fingerprint density at radius 2 is 2.26 bits per heavy atom. The van der Waals surface area contributed by atoms with Gasteiger partial charge >= 0.3 is 0 Å². The van der Waals surface area contributed by atoms with E-state index < -0.39 is 0 Å². The van der Waals surface area contributed by atoms with Crippen LogP contribution in [0.15, 0.2) is 36.8 Å². The summed E-state index contributed by atoms with van der Waals surface area (Å²) >= 11 is 0. The molecule has 3 rings (SSSR count). The van der Waals surface area contributed by atoms with Crippen LogP contribution in [0.2, 0.25) is 0 Å². The summed E-state index contributed by atoms with van der Waals surface area (Å²) in [5, 5.41) is 10.4. The molecule has 1 saturated heterocycles. The maximum Gasteiger partial charge on any atom is 0.242 e. The summed E-state index contributed by atoms with van der Waals surface area (Å²) in [5.41, 5.74) is 0.661. The van der Waals surface area contributed by atoms with Crippen LogP contribution in [0.1, 0.15) is 26.7 Å². The lowest BCUT2D eigenvalue weighted by atomic mass is 9.77. The second-order valence-electron chi connectivity index (χ2n) is 6.32. The van der Waals surface area contributed by atoms with Crippen LogP contribution >= 0.6 is 12.4 Å². The SMILES string of the molecule is CC1(C)CCCNC1C(=O)Nc1ccc(-n2cccn2)nc1.Cl. The summed E-state index contributed by atoms with van der Waals surface area (Å²) in [5.74, 6) is 0.720. The number of rotatable bonds is 3. The van der Waals surface area contributed by atoms with Crippen molar-refractivity contribution in [3.8, 4) is 5.82 Å². The first-order chi connectivity index (χ1) is 10.6. The molecule has 2 N–H and O–H groups in total. The number of carbonyl (C=O) groups is 1. The van der Waals surface area contributed by atoms with Crippen LogP contribution in [0, 0.1) is 5.41 Å². The second kappa shape index (κ2) is 7.10. The van der Waals surface area contributed by atoms with Crippen molar-refractivity contribution in [3.05, 3.63) is 36.8 Å². The average Bonchev–Trinajstić information content (AvgIpc) is 3.01. The topological polar surface area (TPSA) is 71.8 Å². The van der Waals surface area contributed by atoms with Crippen molar-refractivity contribution in [1.29, 1.82) is 0 Å². The molecular formula is C16H22ClN5O. The number of nitrogens with one attached hydrogen (secondary N) is 2. The molecule has 0 aromatic carbocycles. The van der Waals surface area contributed by atoms with E-state index in [0.29, 0.717) is 5.69 Å². The number of hydrogen-bond donors (Lipinski definition) is 2. The van der Waals surface area contributed by atoms with E-state index in [1.807, 2.05) is 24.4 Å². The van der Waals surface area contributed by atoms with Gasteiger partial charge in [-0.25, -0.2) is 9.67 Å². The Kier molecular flexibility index (Phi) is 5.38. The summed E-state index contributed by atoms with van der Waals surface area (Å²) in [6, 6.07) is 5.35. The van der Waals surface area contributed by atoms with Gasteiger partial charge < -0.3 is 10.6 Å². The molecule has 1 fully saturated rings. The highest BCUT2D eigenvalue weighted by Crippen LogP contribution is 2.30. The third-order valence-electron chi connectivity index (χ3n) is 4.14. The van der Waals surface area contributed by atoms with Gasteiger partial charge in [-0.3, -0.25) is 4.79 Å². The minimum absolute atomic E-state index is 0. The van der Waals surface area contributed by atoms with Gasteiger partial charge in [-0.15, -0.1) is 12.4 Å². The van der Waals surface area contributed by atoms with Crippen LogP contribution in [-0.4, -0.2) is 33.3 Å². The van der Waals surface area contributed by atoms with Crippen molar-refractivity contribution in [2.45, 2.75) is 32.7 Å². The third-order valence-corrected chi connectivity index (χ3v) is 4.14. The van der Waals surface area contributed by atoms with Gasteiger partial charge in [0.1, 0.15) is 0 Å². The van der Waals surface area contributed by atoms with Crippen molar-refractivity contribution in [3.63, 3.8) is 0 Å². The molecule has 0 radical (unpaired) electrons. The van der Waals surface area contributed by atoms with E-state index in [0.717, 1.165) is 25.2 Å². The van der Waals surface area contributed by atoms with E-state index >= 15 is 0 Å². The van der Waals surface area contributed by atoms with Crippen molar-refractivity contribution in [2.75, 3.05) is 11.9 Å². The Bertz CT molecular complexity index is 639. The second-order valence-corrected chi connectivity index (χ2v) is 6.32. The molecule has 1 atom stereocenters. The minimum atomic E-state index is -0.174. The lowest BCUT2D eigenvalue weighted by Crippen LogP contribution is -2.53. The fourth-order valence-electron chi connectivity index (χ4n) is 2.87. The zero-order valence-electron chi connectivity index (χ0n) is 13.3. The molecule has 3 heterocycles. The molecule has 1 aliphatic rings. The Labute approximate surface area is 142 Å². The van der Waals surface area contributed by atoms with Gasteiger partial charge in [-0.05, 0) is 43.0 Å². The Balaban J connectivity index is 0.00000192. The zero-order valence-corrected chi connectivity index (χ0v) is 14.1.